The zero-order chi connectivity index (χ0) is 19.1. The van der Waals surface area contributed by atoms with Gasteiger partial charge in [0.05, 0.1) is 6.21 Å². The highest BCUT2D eigenvalue weighted by molar-refractivity contribution is 5.86. The molecule has 0 bridgehead atoms. The lowest BCUT2D eigenvalue weighted by molar-refractivity contribution is -0.135. The van der Waals surface area contributed by atoms with Gasteiger partial charge in [-0.1, -0.05) is 6.42 Å². The van der Waals surface area contributed by atoms with E-state index in [1.165, 1.54) is 6.21 Å². The van der Waals surface area contributed by atoms with Crippen LogP contribution in [0.4, 0.5) is 8.78 Å². The van der Waals surface area contributed by atoms with Crippen molar-refractivity contribution in [2.75, 3.05) is 13.1 Å². The SMILES string of the molecule is Cc1cc(/C=N\NC(=O)CN2CCCCCC2=O)cc(C)c1OC(F)F. The van der Waals surface area contributed by atoms with Crippen LogP contribution in [0, 0.1) is 13.8 Å². The first kappa shape index (κ1) is 19.8. The van der Waals surface area contributed by atoms with Crippen molar-refractivity contribution < 1.29 is 23.1 Å². The lowest BCUT2D eigenvalue weighted by Gasteiger charge is -2.18. The zero-order valence-electron chi connectivity index (χ0n) is 14.9. The highest BCUT2D eigenvalue weighted by Crippen LogP contribution is 2.25. The molecule has 1 N–H and O–H groups in total. The van der Waals surface area contributed by atoms with Crippen molar-refractivity contribution >= 4 is 18.0 Å². The van der Waals surface area contributed by atoms with E-state index in [0.29, 0.717) is 29.7 Å². The second kappa shape index (κ2) is 9.26. The van der Waals surface area contributed by atoms with Gasteiger partial charge in [0, 0.05) is 13.0 Å². The summed E-state index contributed by atoms with van der Waals surface area (Å²) in [6.45, 7) is 1.000. The van der Waals surface area contributed by atoms with Gasteiger partial charge in [0.1, 0.15) is 12.3 Å². The fourth-order valence-corrected chi connectivity index (χ4v) is 2.93. The highest BCUT2D eigenvalue weighted by Gasteiger charge is 2.18. The van der Waals surface area contributed by atoms with Gasteiger partial charge in [-0.15, -0.1) is 0 Å². The Bertz CT molecular complexity index is 669. The summed E-state index contributed by atoms with van der Waals surface area (Å²) in [4.78, 5) is 25.4. The number of amides is 2. The number of halogens is 2. The summed E-state index contributed by atoms with van der Waals surface area (Å²) in [5, 5.41) is 3.88. The quantitative estimate of drug-likeness (QED) is 0.621. The number of carbonyl (C=O) groups is 2. The van der Waals surface area contributed by atoms with Gasteiger partial charge < -0.3 is 9.64 Å². The van der Waals surface area contributed by atoms with Crippen molar-refractivity contribution in [2.24, 2.45) is 5.10 Å². The van der Waals surface area contributed by atoms with Gasteiger partial charge in [0.2, 0.25) is 5.91 Å². The van der Waals surface area contributed by atoms with Gasteiger partial charge in [-0.3, -0.25) is 9.59 Å². The molecule has 0 spiro atoms. The molecule has 1 heterocycles. The lowest BCUT2D eigenvalue weighted by Crippen LogP contribution is -2.39. The van der Waals surface area contributed by atoms with E-state index >= 15 is 0 Å². The minimum Gasteiger partial charge on any atom is -0.434 e. The number of hydrazone groups is 1. The maximum Gasteiger partial charge on any atom is 0.387 e. The largest absolute Gasteiger partial charge is 0.434 e. The van der Waals surface area contributed by atoms with Crippen LogP contribution in [0.3, 0.4) is 0 Å². The average molecular weight is 367 g/mol. The Morgan fingerprint density at radius 2 is 2.00 bits per heavy atom. The number of ether oxygens (including phenoxy) is 1. The smallest absolute Gasteiger partial charge is 0.387 e. The molecule has 0 radical (unpaired) electrons. The molecule has 0 saturated carbocycles. The lowest BCUT2D eigenvalue weighted by atomic mass is 10.1. The fourth-order valence-electron chi connectivity index (χ4n) is 2.93. The molecule has 1 aliphatic rings. The summed E-state index contributed by atoms with van der Waals surface area (Å²) in [5.41, 5.74) is 4.14. The summed E-state index contributed by atoms with van der Waals surface area (Å²) in [6.07, 6.45) is 4.65. The van der Waals surface area contributed by atoms with Crippen LogP contribution < -0.4 is 10.2 Å². The Morgan fingerprint density at radius 1 is 1.31 bits per heavy atom. The van der Waals surface area contributed by atoms with E-state index in [9.17, 15) is 18.4 Å². The molecule has 8 heteroatoms. The van der Waals surface area contributed by atoms with Gasteiger partial charge in [-0.25, -0.2) is 5.43 Å². The number of aryl methyl sites for hydroxylation is 2. The van der Waals surface area contributed by atoms with Crippen molar-refractivity contribution in [3.8, 4) is 5.75 Å². The number of carbonyl (C=O) groups excluding carboxylic acids is 2. The van der Waals surface area contributed by atoms with Crippen molar-refractivity contribution in [3.05, 3.63) is 28.8 Å². The fraction of sp³-hybridized carbons (Fsp3) is 0.500. The molecule has 1 aromatic rings. The van der Waals surface area contributed by atoms with Crippen LogP contribution in [0.2, 0.25) is 0 Å². The van der Waals surface area contributed by atoms with Crippen LogP contribution in [0.25, 0.3) is 0 Å². The van der Waals surface area contributed by atoms with Gasteiger partial charge in [0.25, 0.3) is 5.91 Å². The Balaban J connectivity index is 1.93. The van der Waals surface area contributed by atoms with E-state index in [0.717, 1.165) is 19.3 Å². The second-order valence-corrected chi connectivity index (χ2v) is 6.28. The third kappa shape index (κ3) is 5.79. The predicted molar refractivity (Wildman–Crippen MR) is 93.3 cm³/mol. The van der Waals surface area contributed by atoms with Crippen LogP contribution in [-0.4, -0.2) is 42.6 Å². The number of hydrogen-bond acceptors (Lipinski definition) is 4. The van der Waals surface area contributed by atoms with E-state index in [2.05, 4.69) is 15.3 Å². The van der Waals surface area contributed by atoms with Crippen LogP contribution in [0.1, 0.15) is 42.4 Å². The number of rotatable bonds is 6. The van der Waals surface area contributed by atoms with Crippen LogP contribution in [0.15, 0.2) is 17.2 Å². The summed E-state index contributed by atoms with van der Waals surface area (Å²) in [5.74, 6) is -0.244. The summed E-state index contributed by atoms with van der Waals surface area (Å²) < 4.78 is 29.3. The number of nitrogens with one attached hydrogen (secondary N) is 1. The zero-order valence-corrected chi connectivity index (χ0v) is 14.9. The van der Waals surface area contributed by atoms with E-state index in [-0.39, 0.29) is 24.1 Å². The minimum absolute atomic E-state index is 0.0116. The Morgan fingerprint density at radius 3 is 2.65 bits per heavy atom. The standard InChI is InChI=1S/C18H23F2N3O3/c1-12-8-14(9-13(2)17(12)26-18(19)20)10-21-22-15(24)11-23-7-5-3-4-6-16(23)25/h8-10,18H,3-7,11H2,1-2H3,(H,22,24)/b21-10-. The van der Waals surface area contributed by atoms with Crippen LogP contribution in [-0.2, 0) is 9.59 Å². The van der Waals surface area contributed by atoms with Gasteiger partial charge in [0.15, 0.2) is 0 Å². The maximum absolute atomic E-state index is 12.4. The van der Waals surface area contributed by atoms with Gasteiger partial charge >= 0.3 is 6.61 Å². The number of likely N-dealkylation sites (tertiary alicyclic amines) is 1. The van der Waals surface area contributed by atoms with E-state index in [1.807, 2.05) is 0 Å². The molecule has 2 rings (SSSR count). The predicted octanol–water partition coefficient (Wildman–Crippen LogP) is 2.76. The molecule has 0 atom stereocenters. The molecule has 6 nitrogen and oxygen atoms in total. The van der Waals surface area contributed by atoms with Crippen LogP contribution >= 0.6 is 0 Å². The number of nitrogens with zero attached hydrogens (tertiary/aromatic N) is 2. The molecule has 0 unspecified atom stereocenters. The molecule has 1 aliphatic heterocycles. The maximum atomic E-state index is 12.4. The number of hydrogen-bond donors (Lipinski definition) is 1. The Labute approximate surface area is 151 Å². The molecule has 1 aromatic carbocycles. The van der Waals surface area contributed by atoms with Gasteiger partial charge in [-0.05, 0) is 55.5 Å². The molecule has 142 valence electrons. The molecular formula is C18H23F2N3O3. The van der Waals surface area contributed by atoms with Crippen molar-refractivity contribution in [2.45, 2.75) is 46.1 Å². The molecule has 1 saturated heterocycles. The molecule has 0 aliphatic carbocycles. The average Bonchev–Trinajstić information content (AvgIpc) is 2.75. The Kier molecular flexibility index (Phi) is 7.06. The molecule has 26 heavy (non-hydrogen) atoms. The van der Waals surface area contributed by atoms with E-state index < -0.39 is 6.61 Å². The Hall–Kier alpha value is -2.51. The summed E-state index contributed by atoms with van der Waals surface area (Å²) >= 11 is 0. The van der Waals surface area contributed by atoms with Crippen molar-refractivity contribution in [3.63, 3.8) is 0 Å². The third-order valence-corrected chi connectivity index (χ3v) is 4.10. The van der Waals surface area contributed by atoms with E-state index in [4.69, 9.17) is 0 Å². The second-order valence-electron chi connectivity index (χ2n) is 6.28. The summed E-state index contributed by atoms with van der Waals surface area (Å²) in [7, 11) is 0. The normalized spacial score (nSPS) is 15.4. The monoisotopic (exact) mass is 367 g/mol. The van der Waals surface area contributed by atoms with Crippen molar-refractivity contribution in [1.82, 2.24) is 10.3 Å². The van der Waals surface area contributed by atoms with Crippen LogP contribution in [0.5, 0.6) is 5.75 Å². The molecular weight excluding hydrogens is 344 g/mol. The summed E-state index contributed by atoms with van der Waals surface area (Å²) in [6, 6.07) is 3.28. The van der Waals surface area contributed by atoms with E-state index in [1.54, 1.807) is 30.9 Å². The van der Waals surface area contributed by atoms with Gasteiger partial charge in [-0.2, -0.15) is 13.9 Å². The third-order valence-electron chi connectivity index (χ3n) is 4.10. The number of benzene rings is 1. The van der Waals surface area contributed by atoms with Crippen molar-refractivity contribution in [1.29, 1.82) is 0 Å². The molecule has 1 fully saturated rings. The first-order valence-electron chi connectivity index (χ1n) is 8.52. The minimum atomic E-state index is -2.88. The highest BCUT2D eigenvalue weighted by atomic mass is 19.3. The molecule has 2 amide bonds. The number of alkyl halides is 2. The topological polar surface area (TPSA) is 71.0 Å². The first-order valence-corrected chi connectivity index (χ1v) is 8.52. The molecule has 0 aromatic heterocycles. The first-order chi connectivity index (χ1) is 12.4.